The second-order valence-electron chi connectivity index (χ2n) is 2.76. The normalized spacial score (nSPS) is 35.3. The number of hydrogen-bond donors (Lipinski definition) is 2. The fraction of sp³-hybridized carbons (Fsp3) is 1.00. The number of nitrogens with two attached hydrogens (primary N) is 1. The maximum atomic E-state index is 5.80. The highest BCUT2D eigenvalue weighted by atomic mass is 15.0. The Morgan fingerprint density at radius 2 is 2.33 bits per heavy atom. The zero-order valence-corrected chi connectivity index (χ0v) is 6.06. The lowest BCUT2D eigenvalue weighted by atomic mass is 10.2. The van der Waals surface area contributed by atoms with Gasteiger partial charge in [-0.05, 0) is 19.4 Å². The van der Waals surface area contributed by atoms with Gasteiger partial charge in [-0.2, -0.15) is 0 Å². The van der Waals surface area contributed by atoms with Gasteiger partial charge in [0.2, 0.25) is 0 Å². The molecule has 1 saturated carbocycles. The molecule has 2 atom stereocenters. The SMILES string of the molecule is CCN[C@H]1CCC[C@@H]1N. The van der Waals surface area contributed by atoms with E-state index in [1.165, 1.54) is 19.3 Å². The van der Waals surface area contributed by atoms with Crippen molar-refractivity contribution < 1.29 is 0 Å². The summed E-state index contributed by atoms with van der Waals surface area (Å²) in [7, 11) is 0. The van der Waals surface area contributed by atoms with Crippen LogP contribution in [-0.2, 0) is 0 Å². The molecule has 0 radical (unpaired) electrons. The fourth-order valence-corrected chi connectivity index (χ4v) is 1.50. The molecule has 1 rings (SSSR count). The molecule has 0 unspecified atom stereocenters. The van der Waals surface area contributed by atoms with Crippen molar-refractivity contribution in [2.24, 2.45) is 5.73 Å². The summed E-state index contributed by atoms with van der Waals surface area (Å²) >= 11 is 0. The van der Waals surface area contributed by atoms with Crippen molar-refractivity contribution in [2.45, 2.75) is 38.3 Å². The summed E-state index contributed by atoms with van der Waals surface area (Å²) in [5, 5.41) is 3.37. The van der Waals surface area contributed by atoms with Crippen LogP contribution in [0.25, 0.3) is 0 Å². The quantitative estimate of drug-likeness (QED) is 0.567. The molecular weight excluding hydrogens is 112 g/mol. The first-order valence-electron chi connectivity index (χ1n) is 3.83. The predicted octanol–water partition coefficient (Wildman–Crippen LogP) is 0.476. The van der Waals surface area contributed by atoms with Crippen LogP contribution in [0.3, 0.4) is 0 Å². The molecule has 0 bridgehead atoms. The van der Waals surface area contributed by atoms with Gasteiger partial charge >= 0.3 is 0 Å². The highest BCUT2D eigenvalue weighted by Gasteiger charge is 2.21. The molecule has 1 aliphatic carbocycles. The monoisotopic (exact) mass is 128 g/mol. The number of likely N-dealkylation sites (N-methyl/N-ethyl adjacent to an activating group) is 1. The Balaban J connectivity index is 2.22. The molecular formula is C7H16N2. The average molecular weight is 128 g/mol. The minimum absolute atomic E-state index is 0.421. The van der Waals surface area contributed by atoms with Crippen LogP contribution in [0.5, 0.6) is 0 Å². The molecule has 0 heterocycles. The van der Waals surface area contributed by atoms with E-state index >= 15 is 0 Å². The predicted molar refractivity (Wildman–Crippen MR) is 39.3 cm³/mol. The Morgan fingerprint density at radius 3 is 2.78 bits per heavy atom. The van der Waals surface area contributed by atoms with Crippen molar-refractivity contribution in [1.82, 2.24) is 5.32 Å². The van der Waals surface area contributed by atoms with Crippen molar-refractivity contribution in [3.8, 4) is 0 Å². The van der Waals surface area contributed by atoms with E-state index in [9.17, 15) is 0 Å². The Labute approximate surface area is 56.8 Å². The molecule has 0 aromatic rings. The van der Waals surface area contributed by atoms with Gasteiger partial charge in [0, 0.05) is 12.1 Å². The van der Waals surface area contributed by atoms with E-state index in [-0.39, 0.29) is 0 Å². The molecule has 1 fully saturated rings. The largest absolute Gasteiger partial charge is 0.326 e. The van der Waals surface area contributed by atoms with Gasteiger partial charge < -0.3 is 11.1 Å². The molecule has 0 aromatic carbocycles. The third kappa shape index (κ3) is 1.66. The first-order chi connectivity index (χ1) is 4.34. The number of rotatable bonds is 2. The highest BCUT2D eigenvalue weighted by Crippen LogP contribution is 2.16. The zero-order chi connectivity index (χ0) is 6.69. The lowest BCUT2D eigenvalue weighted by Gasteiger charge is -2.14. The summed E-state index contributed by atoms with van der Waals surface area (Å²) in [6, 6.07) is 1.03. The summed E-state index contributed by atoms with van der Waals surface area (Å²) in [6.45, 7) is 3.18. The molecule has 0 aliphatic heterocycles. The molecule has 0 saturated heterocycles. The van der Waals surface area contributed by atoms with Crippen LogP contribution in [-0.4, -0.2) is 18.6 Å². The van der Waals surface area contributed by atoms with Crippen LogP contribution in [0, 0.1) is 0 Å². The van der Waals surface area contributed by atoms with Gasteiger partial charge in [-0.25, -0.2) is 0 Å². The van der Waals surface area contributed by atoms with Gasteiger partial charge in [-0.15, -0.1) is 0 Å². The number of hydrogen-bond acceptors (Lipinski definition) is 2. The first kappa shape index (κ1) is 7.03. The van der Waals surface area contributed by atoms with E-state index in [1.54, 1.807) is 0 Å². The molecule has 0 spiro atoms. The van der Waals surface area contributed by atoms with Crippen LogP contribution >= 0.6 is 0 Å². The van der Waals surface area contributed by atoms with E-state index in [0.717, 1.165) is 6.54 Å². The summed E-state index contributed by atoms with van der Waals surface area (Å²) < 4.78 is 0. The van der Waals surface area contributed by atoms with Gasteiger partial charge in [0.05, 0.1) is 0 Å². The molecule has 2 heteroatoms. The average Bonchev–Trinajstić information content (AvgIpc) is 2.18. The second kappa shape index (κ2) is 3.18. The Bertz CT molecular complexity index is 83.0. The van der Waals surface area contributed by atoms with Gasteiger partial charge in [-0.3, -0.25) is 0 Å². The molecule has 54 valence electrons. The van der Waals surface area contributed by atoms with Crippen LogP contribution in [0.2, 0.25) is 0 Å². The molecule has 0 aromatic heterocycles. The third-order valence-electron chi connectivity index (χ3n) is 2.04. The van der Waals surface area contributed by atoms with E-state index in [2.05, 4.69) is 12.2 Å². The Morgan fingerprint density at radius 1 is 1.56 bits per heavy atom. The standard InChI is InChI=1S/C7H16N2/c1-2-9-7-5-3-4-6(7)8/h6-7,9H,2-5,8H2,1H3/t6-,7-/m0/s1. The maximum Gasteiger partial charge on any atom is 0.0218 e. The summed E-state index contributed by atoms with van der Waals surface area (Å²) in [5.41, 5.74) is 5.80. The van der Waals surface area contributed by atoms with E-state index in [4.69, 9.17) is 5.73 Å². The minimum atomic E-state index is 0.421. The molecule has 3 N–H and O–H groups in total. The lowest BCUT2D eigenvalue weighted by Crippen LogP contribution is -2.40. The maximum absolute atomic E-state index is 5.80. The summed E-state index contributed by atoms with van der Waals surface area (Å²) in [6.07, 6.45) is 3.78. The van der Waals surface area contributed by atoms with Crippen LogP contribution in [0.15, 0.2) is 0 Å². The summed E-state index contributed by atoms with van der Waals surface area (Å²) in [4.78, 5) is 0. The summed E-state index contributed by atoms with van der Waals surface area (Å²) in [5.74, 6) is 0. The Kier molecular flexibility index (Phi) is 2.49. The smallest absolute Gasteiger partial charge is 0.0218 e. The number of nitrogens with one attached hydrogen (secondary N) is 1. The van der Waals surface area contributed by atoms with Crippen molar-refractivity contribution in [1.29, 1.82) is 0 Å². The van der Waals surface area contributed by atoms with Crippen LogP contribution in [0.1, 0.15) is 26.2 Å². The fourth-order valence-electron chi connectivity index (χ4n) is 1.50. The van der Waals surface area contributed by atoms with E-state index in [0.29, 0.717) is 12.1 Å². The molecule has 2 nitrogen and oxygen atoms in total. The lowest BCUT2D eigenvalue weighted by molar-refractivity contribution is 0.489. The zero-order valence-electron chi connectivity index (χ0n) is 6.06. The molecule has 0 amide bonds. The second-order valence-corrected chi connectivity index (χ2v) is 2.76. The van der Waals surface area contributed by atoms with Crippen molar-refractivity contribution in [3.05, 3.63) is 0 Å². The molecule has 9 heavy (non-hydrogen) atoms. The van der Waals surface area contributed by atoms with Crippen molar-refractivity contribution in [2.75, 3.05) is 6.54 Å². The van der Waals surface area contributed by atoms with Crippen molar-refractivity contribution >= 4 is 0 Å². The van der Waals surface area contributed by atoms with Gasteiger partial charge in [0.25, 0.3) is 0 Å². The van der Waals surface area contributed by atoms with Crippen LogP contribution in [0.4, 0.5) is 0 Å². The van der Waals surface area contributed by atoms with Crippen molar-refractivity contribution in [3.63, 3.8) is 0 Å². The molecule has 1 aliphatic rings. The minimum Gasteiger partial charge on any atom is -0.326 e. The van der Waals surface area contributed by atoms with Crippen LogP contribution < -0.4 is 11.1 Å². The van der Waals surface area contributed by atoms with E-state index < -0.39 is 0 Å². The topological polar surface area (TPSA) is 38.0 Å². The van der Waals surface area contributed by atoms with Gasteiger partial charge in [0.1, 0.15) is 0 Å². The third-order valence-corrected chi connectivity index (χ3v) is 2.04. The highest BCUT2D eigenvalue weighted by molar-refractivity contribution is 4.85. The first-order valence-corrected chi connectivity index (χ1v) is 3.83. The van der Waals surface area contributed by atoms with Gasteiger partial charge in [-0.1, -0.05) is 13.3 Å². The Hall–Kier alpha value is -0.0800. The van der Waals surface area contributed by atoms with Gasteiger partial charge in [0.15, 0.2) is 0 Å². The van der Waals surface area contributed by atoms with E-state index in [1.807, 2.05) is 0 Å².